The molecule has 0 saturated carbocycles. The fourth-order valence-electron chi connectivity index (χ4n) is 4.08. The third-order valence-corrected chi connectivity index (χ3v) is 5.98. The Kier molecular flexibility index (Phi) is 8.39. The largest absolute Gasteiger partial charge is 0.507 e. The molecule has 0 unspecified atom stereocenters. The molecule has 0 aromatic heterocycles. The van der Waals surface area contributed by atoms with Crippen molar-refractivity contribution in [2.75, 3.05) is 27.3 Å². The number of hydrogen-bond acceptors (Lipinski definition) is 6. The molecule has 0 fully saturated rings. The van der Waals surface area contributed by atoms with E-state index in [1.807, 2.05) is 6.92 Å². The summed E-state index contributed by atoms with van der Waals surface area (Å²) < 4.78 is 16.9. The average Bonchev–Trinajstić information content (AvgIpc) is 3.13. The number of ether oxygens (including phenoxy) is 3. The monoisotopic (exact) mass is 453 g/mol. The lowest BCUT2D eigenvalue weighted by Gasteiger charge is -2.23. The maximum absolute atomic E-state index is 13.3. The van der Waals surface area contributed by atoms with Gasteiger partial charge in [0.25, 0.3) is 0 Å². The van der Waals surface area contributed by atoms with Crippen molar-refractivity contribution in [1.29, 1.82) is 0 Å². The van der Waals surface area contributed by atoms with Crippen LogP contribution in [-0.4, -0.2) is 43.1 Å². The highest BCUT2D eigenvalue weighted by atomic mass is 16.5. The molecule has 6 heteroatoms. The van der Waals surface area contributed by atoms with Crippen LogP contribution in [0.2, 0.25) is 0 Å². The molecule has 0 radical (unpaired) electrons. The Balaban J connectivity index is 1.99. The van der Waals surface area contributed by atoms with Gasteiger partial charge in [0.2, 0.25) is 5.78 Å². The number of rotatable bonds is 11. The Hall–Kier alpha value is -2.99. The van der Waals surface area contributed by atoms with Crippen molar-refractivity contribution in [3.05, 3.63) is 52.3 Å². The number of hydrogen-bond donors (Lipinski definition) is 1. The summed E-state index contributed by atoms with van der Waals surface area (Å²) in [6.45, 7) is 8.59. The molecule has 0 bridgehead atoms. The van der Waals surface area contributed by atoms with Crippen molar-refractivity contribution in [2.24, 2.45) is 0 Å². The Morgan fingerprint density at radius 2 is 1.76 bits per heavy atom. The summed E-state index contributed by atoms with van der Waals surface area (Å²) in [5.41, 5.74) is 2.56. The number of phenolic OH excluding ortho intramolecular Hbond substituents is 1. The van der Waals surface area contributed by atoms with E-state index in [-0.39, 0.29) is 17.3 Å². The number of Topliss-reactive ketones (excluding diaryl/α,β-unsaturated/α-hetero) is 1. The first kappa shape index (κ1) is 24.6. The van der Waals surface area contributed by atoms with Crippen LogP contribution in [0.25, 0.3) is 6.08 Å². The van der Waals surface area contributed by atoms with E-state index in [9.17, 15) is 9.90 Å². The van der Waals surface area contributed by atoms with Gasteiger partial charge in [0.1, 0.15) is 23.0 Å². The number of aromatic hydroxyl groups is 1. The van der Waals surface area contributed by atoms with E-state index < -0.39 is 0 Å². The van der Waals surface area contributed by atoms with Crippen LogP contribution in [0.3, 0.4) is 0 Å². The summed E-state index contributed by atoms with van der Waals surface area (Å²) in [6.07, 6.45) is 6.05. The molecule has 3 rings (SSSR count). The zero-order valence-corrected chi connectivity index (χ0v) is 20.4. The van der Waals surface area contributed by atoms with E-state index in [0.717, 1.165) is 38.8 Å². The van der Waals surface area contributed by atoms with E-state index >= 15 is 0 Å². The molecule has 0 atom stereocenters. The maximum atomic E-state index is 13.3. The van der Waals surface area contributed by atoms with Gasteiger partial charge in [-0.25, -0.2) is 0 Å². The first-order chi connectivity index (χ1) is 15.9. The third-order valence-electron chi connectivity index (χ3n) is 5.98. The summed E-state index contributed by atoms with van der Waals surface area (Å²) in [5.74, 6) is 1.91. The minimum absolute atomic E-state index is 0.164. The molecule has 0 aliphatic carbocycles. The number of unbranched alkanes of at least 4 members (excludes halogenated alkanes) is 2. The molecular formula is C27H35NO5. The Morgan fingerprint density at radius 3 is 2.36 bits per heavy atom. The molecule has 1 aliphatic heterocycles. The molecule has 178 valence electrons. The smallest absolute Gasteiger partial charge is 0.232 e. The second-order valence-electron chi connectivity index (χ2n) is 8.43. The summed E-state index contributed by atoms with van der Waals surface area (Å²) in [6, 6.07) is 7.06. The van der Waals surface area contributed by atoms with Crippen LogP contribution < -0.4 is 14.2 Å². The predicted molar refractivity (Wildman–Crippen MR) is 130 cm³/mol. The van der Waals surface area contributed by atoms with Gasteiger partial charge < -0.3 is 19.3 Å². The fourth-order valence-corrected chi connectivity index (χ4v) is 4.08. The number of fused-ring (bicyclic) bond motifs is 1. The third kappa shape index (κ3) is 5.50. The predicted octanol–water partition coefficient (Wildman–Crippen LogP) is 5.74. The molecule has 2 aromatic rings. The van der Waals surface area contributed by atoms with Crippen molar-refractivity contribution in [3.8, 4) is 23.0 Å². The molecule has 0 spiro atoms. The van der Waals surface area contributed by atoms with E-state index in [1.54, 1.807) is 44.6 Å². The van der Waals surface area contributed by atoms with Gasteiger partial charge in [-0.2, -0.15) is 0 Å². The SMILES string of the molecule is CCCCN(CCCC)Cc1c(O)cc(C)c2c1O/C(=C/c1cc(OC)ccc1OC)C2=O. The van der Waals surface area contributed by atoms with Crippen LogP contribution >= 0.6 is 0 Å². The molecule has 1 heterocycles. The second-order valence-corrected chi connectivity index (χ2v) is 8.43. The number of phenols is 1. The van der Waals surface area contributed by atoms with Gasteiger partial charge in [-0.05, 0) is 68.8 Å². The van der Waals surface area contributed by atoms with Gasteiger partial charge in [-0.1, -0.05) is 26.7 Å². The average molecular weight is 454 g/mol. The topological polar surface area (TPSA) is 68.2 Å². The number of benzene rings is 2. The van der Waals surface area contributed by atoms with Crippen molar-refractivity contribution in [2.45, 2.75) is 53.0 Å². The molecule has 2 aromatic carbocycles. The van der Waals surface area contributed by atoms with Crippen LogP contribution in [0.15, 0.2) is 30.0 Å². The zero-order valence-electron chi connectivity index (χ0n) is 20.4. The lowest BCUT2D eigenvalue weighted by atomic mass is 9.99. The first-order valence-corrected chi connectivity index (χ1v) is 11.7. The molecule has 33 heavy (non-hydrogen) atoms. The lowest BCUT2D eigenvalue weighted by Crippen LogP contribution is -2.26. The zero-order chi connectivity index (χ0) is 24.0. The lowest BCUT2D eigenvalue weighted by molar-refractivity contribution is 0.101. The summed E-state index contributed by atoms with van der Waals surface area (Å²) in [7, 11) is 3.17. The normalized spacial score (nSPS) is 14.0. The number of aryl methyl sites for hydroxylation is 1. The molecule has 0 amide bonds. The quantitative estimate of drug-likeness (QED) is 0.438. The van der Waals surface area contributed by atoms with Crippen LogP contribution in [0.4, 0.5) is 0 Å². The van der Waals surface area contributed by atoms with Crippen molar-refractivity contribution in [3.63, 3.8) is 0 Å². The van der Waals surface area contributed by atoms with E-state index in [4.69, 9.17) is 14.2 Å². The van der Waals surface area contributed by atoms with Gasteiger partial charge in [-0.3, -0.25) is 9.69 Å². The van der Waals surface area contributed by atoms with Gasteiger partial charge in [0.05, 0.1) is 25.3 Å². The van der Waals surface area contributed by atoms with Gasteiger partial charge in [0.15, 0.2) is 5.76 Å². The Morgan fingerprint density at radius 1 is 1.06 bits per heavy atom. The second kappa shape index (κ2) is 11.2. The Labute approximate surface area is 196 Å². The highest BCUT2D eigenvalue weighted by Crippen LogP contribution is 2.43. The summed E-state index contributed by atoms with van der Waals surface area (Å²) >= 11 is 0. The number of nitrogens with zero attached hydrogens (tertiary/aromatic N) is 1. The number of allylic oxidation sites excluding steroid dienone is 1. The molecule has 1 N–H and O–H groups in total. The highest BCUT2D eigenvalue weighted by Gasteiger charge is 2.34. The first-order valence-electron chi connectivity index (χ1n) is 11.7. The van der Waals surface area contributed by atoms with Crippen LogP contribution in [0, 0.1) is 6.92 Å². The van der Waals surface area contributed by atoms with Crippen molar-refractivity contribution >= 4 is 11.9 Å². The van der Waals surface area contributed by atoms with E-state index in [1.165, 1.54) is 0 Å². The number of ketones is 1. The minimum atomic E-state index is -0.192. The maximum Gasteiger partial charge on any atom is 0.232 e. The Bertz CT molecular complexity index is 1020. The molecule has 6 nitrogen and oxygen atoms in total. The van der Waals surface area contributed by atoms with Crippen LogP contribution in [0.5, 0.6) is 23.0 Å². The molecular weight excluding hydrogens is 418 g/mol. The number of methoxy groups -OCH3 is 2. The minimum Gasteiger partial charge on any atom is -0.507 e. The van der Waals surface area contributed by atoms with Crippen LogP contribution in [0.1, 0.15) is 66.6 Å². The number of carbonyl (C=O) groups is 1. The summed E-state index contributed by atoms with van der Waals surface area (Å²) in [4.78, 5) is 15.6. The summed E-state index contributed by atoms with van der Waals surface area (Å²) in [5, 5.41) is 10.8. The molecule has 1 aliphatic rings. The standard InChI is InChI=1S/C27H35NO5/c1-6-8-12-28(13-9-7-2)17-21-22(29)14-18(3)25-26(30)24(33-27(21)25)16-19-15-20(31-4)10-11-23(19)32-5/h10-11,14-16,29H,6-9,12-13,17H2,1-5H3/b24-16+. The van der Waals surface area contributed by atoms with E-state index in [2.05, 4.69) is 18.7 Å². The van der Waals surface area contributed by atoms with E-state index in [0.29, 0.717) is 46.0 Å². The van der Waals surface area contributed by atoms with Crippen LogP contribution in [-0.2, 0) is 6.54 Å². The highest BCUT2D eigenvalue weighted by molar-refractivity contribution is 6.16. The molecule has 0 saturated heterocycles. The van der Waals surface area contributed by atoms with Gasteiger partial charge in [0, 0.05) is 12.1 Å². The number of carbonyl (C=O) groups excluding carboxylic acids is 1. The van der Waals surface area contributed by atoms with Gasteiger partial charge >= 0.3 is 0 Å². The van der Waals surface area contributed by atoms with Gasteiger partial charge in [-0.15, -0.1) is 0 Å². The fraction of sp³-hybridized carbons (Fsp3) is 0.444. The van der Waals surface area contributed by atoms with Crippen molar-refractivity contribution < 1.29 is 24.1 Å². The van der Waals surface area contributed by atoms with Crippen molar-refractivity contribution in [1.82, 2.24) is 4.90 Å².